The topological polar surface area (TPSA) is 586 Å². The van der Waals surface area contributed by atoms with Crippen molar-refractivity contribution >= 4 is 134 Å². The fourth-order valence-electron chi connectivity index (χ4n) is 16.1. The van der Waals surface area contributed by atoms with E-state index in [1.54, 1.807) is 60.9 Å². The molecule has 6 aromatic rings. The van der Waals surface area contributed by atoms with Gasteiger partial charge in [-0.3, -0.25) is 81.5 Å². The standard InChI is InChI=1S/C86H115N21O20S/c1-8-10-21-66-79(120)94-46(3)73(114)102-65(75(116)92-40-70(87)111)43-128-44-72(113)95-61(31-48-24-26-52(109)27-25-48)82(123)103(5)47(4)74(115)99-63-36-71(112)89-29-28-58(96-77(118)60(34-51-39-88-45-93-51)98-80(121)67-23-16-30-106(67)85(63)126)84(125)107-41-53(110)35-69(107)81(122)97-59(32-49-37-90-56-19-14-12-17-54(49)56)76(117)101-64(42-108)78(119)100-62(33-50-38-91-57-20-15-13-18-55(50)57)83(124)105(7)68(22-11-9-2)86(127)104(66)6/h12-15,17-20,24-27,37-39,45-47,53,58-69,90-91,108-110H,8-11,16,21-23,28-36,40-44H2,1-7H3,(H2,87,111)(H,88,93)(H,89,112)(H,92,116)(H,94,120)(H,95,113)(H,96,118)(H,97,122)(H,98,121)(H,99,115)(H,100,119)(H,101,117)(H,102,114)/t46-,47-,53+,58-,59-,60-,61-,62-,63-,64-,65-,66-,67-,68-,69-/m0/s1. The van der Waals surface area contributed by atoms with Crippen molar-refractivity contribution in [2.75, 3.05) is 65.4 Å². The third-order valence-electron chi connectivity index (χ3n) is 23.5. The number of rotatable bonds is 18. The van der Waals surface area contributed by atoms with Gasteiger partial charge in [0.15, 0.2) is 0 Å². The Labute approximate surface area is 741 Å². The summed E-state index contributed by atoms with van der Waals surface area (Å²) in [5, 5.41) is 63.1. The number of unbranched alkanes of at least 4 members (excludes halogenated alkanes) is 2. The number of aromatic amines is 3. The lowest BCUT2D eigenvalue weighted by Crippen LogP contribution is -2.61. The third-order valence-corrected chi connectivity index (χ3v) is 24.5. The summed E-state index contributed by atoms with van der Waals surface area (Å²) in [5.41, 5.74) is 8.37. The first-order chi connectivity index (χ1) is 61.2. The normalized spacial score (nSPS) is 26.1. The third kappa shape index (κ3) is 25.2. The first-order valence-electron chi connectivity index (χ1n) is 42.8. The van der Waals surface area contributed by atoms with Gasteiger partial charge in [0.1, 0.15) is 90.3 Å². The maximum atomic E-state index is 15.6. The number of nitrogens with zero attached hydrogens (tertiary/aromatic N) is 6. The van der Waals surface area contributed by atoms with Gasteiger partial charge in [-0.2, -0.15) is 0 Å². The van der Waals surface area contributed by atoms with Crippen LogP contribution in [0, 0.1) is 0 Å². The van der Waals surface area contributed by atoms with Gasteiger partial charge in [-0.15, -0.1) is 11.8 Å². The summed E-state index contributed by atoms with van der Waals surface area (Å²) in [4.78, 5) is 269. The average molecular weight is 1800 g/mol. The highest BCUT2D eigenvalue weighted by molar-refractivity contribution is 8.00. The van der Waals surface area contributed by atoms with Crippen molar-refractivity contribution in [2.24, 2.45) is 5.73 Å². The van der Waals surface area contributed by atoms with Gasteiger partial charge < -0.3 is 119 Å². The second kappa shape index (κ2) is 45.4. The molecule has 3 aromatic heterocycles. The zero-order valence-corrected chi connectivity index (χ0v) is 73.2. The Hall–Kier alpha value is -13.0. The molecular formula is C86H115N21O20S. The zero-order chi connectivity index (χ0) is 92.7. The SMILES string of the molecule is CCCC[C@H]1C(=O)N(C)[C@@H](CCCC)C(=O)N[C@@H](C)C(=O)N[C@H](C(=O)NCC(N)=O)CSCC(=O)N[C@@H](Cc2ccc(O)cc2)C(=O)N(C)[C@@H](C)C(=O)N[C@H]2CC(=O)NCC[C@H](NC(=O)[C@H](Cc3cnc[nH]3)NC(=O)[C@@H]3CCCN3C2=O)C(=O)N2C[C@H](O)C[C@H]2C(=O)N[C@@H](Cc2c[nH]c3ccccc23)C(=O)N[C@@H](CO)C(=O)N[C@@H](Cc2c[nH]c3ccccc23)C(=O)N1C. The fraction of sp³-hybridized carbons (Fsp3) is 0.512. The number of aromatic hydroxyl groups is 1. The van der Waals surface area contributed by atoms with Crippen molar-refractivity contribution in [3.05, 3.63) is 120 Å². The second-order valence-corrected chi connectivity index (χ2v) is 33.7. The summed E-state index contributed by atoms with van der Waals surface area (Å²) in [6, 6.07) is -2.16. The number of thioether (sulfide) groups is 1. The number of H-pyrrole nitrogens is 3. The van der Waals surface area contributed by atoms with Gasteiger partial charge >= 0.3 is 0 Å². The van der Waals surface area contributed by atoms with Crippen molar-refractivity contribution in [2.45, 2.75) is 215 Å². The van der Waals surface area contributed by atoms with E-state index in [0.29, 0.717) is 69.9 Å². The maximum Gasteiger partial charge on any atom is 0.246 e. The predicted molar refractivity (Wildman–Crippen MR) is 465 cm³/mol. The molecule has 0 unspecified atom stereocenters. The number of fused-ring (bicyclic) bond motifs is 10. The van der Waals surface area contributed by atoms with Gasteiger partial charge in [-0.25, -0.2) is 4.98 Å². The maximum absolute atomic E-state index is 15.6. The number of hydrogen-bond acceptors (Lipinski definition) is 22. The van der Waals surface area contributed by atoms with Gasteiger partial charge in [-0.1, -0.05) is 88.1 Å². The van der Waals surface area contributed by atoms with E-state index in [1.165, 1.54) is 71.8 Å². The number of nitrogens with one attached hydrogen (secondary N) is 14. The van der Waals surface area contributed by atoms with Crippen LogP contribution < -0.4 is 64.2 Å². The number of aromatic nitrogens is 4. The van der Waals surface area contributed by atoms with Gasteiger partial charge in [-0.05, 0) is 86.9 Å². The number of primary amides is 1. The van der Waals surface area contributed by atoms with Crippen molar-refractivity contribution in [1.29, 1.82) is 0 Å². The number of likely N-dealkylation sites (N-methyl/N-ethyl adjacent to an activating group) is 3. The lowest BCUT2D eigenvalue weighted by Gasteiger charge is -2.36. The van der Waals surface area contributed by atoms with Crippen molar-refractivity contribution < 1.29 is 96.8 Å². The van der Waals surface area contributed by atoms with Gasteiger partial charge in [0, 0.05) is 125 Å². The Morgan fingerprint density at radius 3 is 1.75 bits per heavy atom. The van der Waals surface area contributed by atoms with Crippen LogP contribution in [0.1, 0.15) is 121 Å². The van der Waals surface area contributed by atoms with E-state index in [-0.39, 0.29) is 63.7 Å². The molecule has 41 nitrogen and oxygen atoms in total. The molecule has 0 spiro atoms. The molecule has 17 amide bonds. The molecule has 0 saturated carbocycles. The summed E-state index contributed by atoms with van der Waals surface area (Å²) in [6.45, 7) is 3.40. The van der Waals surface area contributed by atoms with Gasteiger partial charge in [0.25, 0.3) is 0 Å². The van der Waals surface area contributed by atoms with Crippen LogP contribution in [0.15, 0.2) is 97.7 Å². The Morgan fingerprint density at radius 2 is 1.12 bits per heavy atom. The van der Waals surface area contributed by atoms with Gasteiger partial charge in [0.05, 0.1) is 37.8 Å². The predicted octanol–water partition coefficient (Wildman–Crippen LogP) is -3.18. The number of carbonyl (C=O) groups is 17. The molecule has 0 radical (unpaired) electrons. The number of para-hydroxylation sites is 2. The summed E-state index contributed by atoms with van der Waals surface area (Å²) in [5.74, 6) is -16.9. The number of aliphatic hydroxyl groups excluding tert-OH is 2. The van der Waals surface area contributed by atoms with Crippen LogP contribution in [-0.2, 0) is 107 Å². The summed E-state index contributed by atoms with van der Waals surface area (Å²) < 4.78 is 0. The molecule has 4 aliphatic rings. The number of hydrogen-bond donors (Lipinski definition) is 18. The zero-order valence-electron chi connectivity index (χ0n) is 72.4. The Bertz CT molecular complexity index is 5030. The van der Waals surface area contributed by atoms with Crippen LogP contribution in [0.25, 0.3) is 21.8 Å². The lowest BCUT2D eigenvalue weighted by molar-refractivity contribution is -0.149. The van der Waals surface area contributed by atoms with Crippen LogP contribution in [-0.4, -0.2) is 316 Å². The molecule has 15 atom stereocenters. The first-order valence-corrected chi connectivity index (χ1v) is 44.0. The molecule has 690 valence electrons. The number of amides is 17. The summed E-state index contributed by atoms with van der Waals surface area (Å²) in [7, 11) is 3.94. The lowest BCUT2D eigenvalue weighted by atomic mass is 10.00. The molecule has 4 saturated heterocycles. The molecule has 4 fully saturated rings. The molecular weight excluding hydrogens is 1680 g/mol. The summed E-state index contributed by atoms with van der Waals surface area (Å²) in [6.07, 6.45) is 3.66. The van der Waals surface area contributed by atoms with Crippen LogP contribution >= 0.6 is 11.8 Å². The average Bonchev–Trinajstić information content (AvgIpc) is 1.60. The molecule has 19 N–H and O–H groups in total. The first kappa shape index (κ1) is 97.2. The van der Waals surface area contributed by atoms with E-state index in [2.05, 4.69) is 78.4 Å². The molecule has 3 aromatic carbocycles. The number of nitrogens with two attached hydrogens (primary N) is 1. The van der Waals surface area contributed by atoms with Crippen LogP contribution in [0.4, 0.5) is 0 Å². The highest BCUT2D eigenvalue weighted by Crippen LogP contribution is 2.28. The van der Waals surface area contributed by atoms with Crippen molar-refractivity contribution in [1.82, 2.24) is 103 Å². The molecule has 2 bridgehead atoms. The van der Waals surface area contributed by atoms with Crippen molar-refractivity contribution in [3.8, 4) is 5.75 Å². The minimum absolute atomic E-state index is 0.0191. The molecule has 4 aliphatic heterocycles. The fourth-order valence-corrected chi connectivity index (χ4v) is 17.0. The van der Waals surface area contributed by atoms with Gasteiger partial charge in [0.2, 0.25) is 100 Å². The van der Waals surface area contributed by atoms with E-state index in [0.717, 1.165) is 36.3 Å². The van der Waals surface area contributed by atoms with E-state index < -0.39 is 248 Å². The quantitative estimate of drug-likeness (QED) is 0.0403. The van der Waals surface area contributed by atoms with E-state index in [4.69, 9.17) is 5.73 Å². The van der Waals surface area contributed by atoms with E-state index in [9.17, 15) is 63.3 Å². The van der Waals surface area contributed by atoms with Crippen molar-refractivity contribution in [3.63, 3.8) is 0 Å². The van der Waals surface area contributed by atoms with Crippen LogP contribution in [0.3, 0.4) is 0 Å². The molecule has 0 aliphatic carbocycles. The number of benzene rings is 3. The second-order valence-electron chi connectivity index (χ2n) is 32.7. The Morgan fingerprint density at radius 1 is 0.555 bits per heavy atom. The smallest absolute Gasteiger partial charge is 0.246 e. The van der Waals surface area contributed by atoms with E-state index >= 15 is 33.6 Å². The monoisotopic (exact) mass is 1790 g/mol. The summed E-state index contributed by atoms with van der Waals surface area (Å²) >= 11 is 0.786. The molecule has 128 heavy (non-hydrogen) atoms. The molecule has 10 rings (SSSR count). The highest BCUT2D eigenvalue weighted by atomic mass is 32.2. The number of aliphatic hydroxyl groups is 2. The Kier molecular flexibility index (Phi) is 34.5. The number of carbonyl (C=O) groups excluding carboxylic acids is 17. The van der Waals surface area contributed by atoms with Crippen LogP contribution in [0.2, 0.25) is 0 Å². The minimum Gasteiger partial charge on any atom is -0.508 e. The number of phenols is 1. The van der Waals surface area contributed by atoms with E-state index in [1.807, 2.05) is 13.8 Å². The molecule has 42 heteroatoms. The minimum atomic E-state index is -1.89. The highest BCUT2D eigenvalue weighted by Gasteiger charge is 2.47. The number of imidazole rings is 1. The largest absolute Gasteiger partial charge is 0.508 e. The van der Waals surface area contributed by atoms with Crippen LogP contribution in [0.5, 0.6) is 5.75 Å². The Balaban J connectivity index is 1.02. The molecule has 7 heterocycles. The number of phenolic OH excluding ortho intramolecular Hbond substituents is 1.